The highest BCUT2D eigenvalue weighted by Crippen LogP contribution is 2.31. The Morgan fingerprint density at radius 2 is 2.14 bits per heavy atom. The van der Waals surface area contributed by atoms with Gasteiger partial charge in [0.2, 0.25) is 0 Å². The third-order valence-electron chi connectivity index (χ3n) is 4.10. The minimum atomic E-state index is -0.859. The van der Waals surface area contributed by atoms with Gasteiger partial charge in [0.15, 0.2) is 0 Å². The molecule has 1 heterocycles. The molecule has 1 saturated heterocycles. The smallest absolute Gasteiger partial charge is 0.303 e. The summed E-state index contributed by atoms with van der Waals surface area (Å²) in [7, 11) is 0. The van der Waals surface area contributed by atoms with Crippen molar-refractivity contribution in [1.82, 2.24) is 0 Å². The van der Waals surface area contributed by atoms with Gasteiger partial charge in [0.25, 0.3) is 0 Å². The molecule has 21 heavy (non-hydrogen) atoms. The highest BCUT2D eigenvalue weighted by Gasteiger charge is 2.20. The minimum absolute atomic E-state index is 0.0181. The molecule has 0 amide bonds. The molecule has 0 unspecified atom stereocenters. The summed E-state index contributed by atoms with van der Waals surface area (Å²) in [6.07, 6.45) is 3.76. The molecule has 0 saturated carbocycles. The molecule has 1 fully saturated rings. The molecule has 1 aliphatic heterocycles. The van der Waals surface area contributed by atoms with Crippen LogP contribution in [-0.4, -0.2) is 24.3 Å². The standard InChI is InChI=1S/C16H20ClFO3/c17-14-4-3-12(9-15(14)18)13(10-16(19)20)2-1-11-5-7-21-8-6-11/h3-4,9,11,13H,1-2,5-8,10H2,(H,19,20)/t13-/m0/s1. The third kappa shape index (κ3) is 4.97. The van der Waals surface area contributed by atoms with Gasteiger partial charge in [0.1, 0.15) is 5.82 Å². The zero-order chi connectivity index (χ0) is 15.2. The van der Waals surface area contributed by atoms with Crippen molar-refractivity contribution < 1.29 is 19.0 Å². The van der Waals surface area contributed by atoms with Crippen LogP contribution in [-0.2, 0) is 9.53 Å². The summed E-state index contributed by atoms with van der Waals surface area (Å²) in [5, 5.41) is 9.13. The lowest BCUT2D eigenvalue weighted by molar-refractivity contribution is -0.137. The Morgan fingerprint density at radius 3 is 2.76 bits per heavy atom. The van der Waals surface area contributed by atoms with Gasteiger partial charge in [-0.1, -0.05) is 17.7 Å². The van der Waals surface area contributed by atoms with E-state index < -0.39 is 11.8 Å². The lowest BCUT2D eigenvalue weighted by Gasteiger charge is -2.24. The van der Waals surface area contributed by atoms with Crippen LogP contribution >= 0.6 is 11.6 Å². The Bertz CT molecular complexity index is 486. The Labute approximate surface area is 129 Å². The SMILES string of the molecule is O=C(O)C[C@H](CCC1CCOCC1)c1ccc(Cl)c(F)c1. The summed E-state index contributed by atoms with van der Waals surface area (Å²) in [5.41, 5.74) is 0.714. The van der Waals surface area contributed by atoms with Crippen LogP contribution in [0.2, 0.25) is 5.02 Å². The largest absolute Gasteiger partial charge is 0.481 e. The first-order chi connectivity index (χ1) is 10.1. The van der Waals surface area contributed by atoms with E-state index in [0.29, 0.717) is 11.5 Å². The second-order valence-corrected chi connectivity index (χ2v) is 6.01. The molecule has 0 aromatic heterocycles. The minimum Gasteiger partial charge on any atom is -0.481 e. The van der Waals surface area contributed by atoms with Gasteiger partial charge < -0.3 is 9.84 Å². The van der Waals surface area contributed by atoms with Crippen molar-refractivity contribution in [1.29, 1.82) is 0 Å². The van der Waals surface area contributed by atoms with E-state index in [1.54, 1.807) is 6.07 Å². The van der Waals surface area contributed by atoms with Crippen LogP contribution in [0.3, 0.4) is 0 Å². The third-order valence-corrected chi connectivity index (χ3v) is 4.41. The number of carboxylic acids is 1. The molecule has 1 aliphatic rings. The maximum absolute atomic E-state index is 13.6. The topological polar surface area (TPSA) is 46.5 Å². The number of ether oxygens (including phenoxy) is 1. The van der Waals surface area contributed by atoms with Crippen LogP contribution in [0.4, 0.5) is 4.39 Å². The normalized spacial score (nSPS) is 17.6. The van der Waals surface area contributed by atoms with E-state index in [-0.39, 0.29) is 17.4 Å². The molecule has 0 radical (unpaired) electrons. The predicted molar refractivity (Wildman–Crippen MR) is 79.2 cm³/mol. The Balaban J connectivity index is 2.02. The number of halogens is 2. The van der Waals surface area contributed by atoms with Crippen LogP contribution in [0, 0.1) is 11.7 Å². The molecule has 3 nitrogen and oxygen atoms in total. The lowest BCUT2D eigenvalue weighted by atomic mass is 9.85. The van der Waals surface area contributed by atoms with Crippen molar-refractivity contribution in [3.8, 4) is 0 Å². The van der Waals surface area contributed by atoms with E-state index in [4.69, 9.17) is 21.4 Å². The average Bonchev–Trinajstić information content (AvgIpc) is 2.47. The Hall–Kier alpha value is -1.13. The molecule has 0 spiro atoms. The van der Waals surface area contributed by atoms with Crippen molar-refractivity contribution in [2.75, 3.05) is 13.2 Å². The van der Waals surface area contributed by atoms with Crippen molar-refractivity contribution >= 4 is 17.6 Å². The number of carboxylic acid groups (broad SMARTS) is 1. The molecule has 1 N–H and O–H groups in total. The molecule has 0 aliphatic carbocycles. The molecule has 1 atom stereocenters. The fourth-order valence-electron chi connectivity index (χ4n) is 2.84. The van der Waals surface area contributed by atoms with Crippen LogP contribution in [0.1, 0.15) is 43.6 Å². The fraction of sp³-hybridized carbons (Fsp3) is 0.562. The molecule has 1 aromatic rings. The Kier molecular flexibility index (Phi) is 6.00. The van der Waals surface area contributed by atoms with Crippen LogP contribution in [0.25, 0.3) is 0 Å². The number of carbonyl (C=O) groups is 1. The van der Waals surface area contributed by atoms with E-state index >= 15 is 0 Å². The average molecular weight is 315 g/mol. The van der Waals surface area contributed by atoms with E-state index in [1.165, 1.54) is 12.1 Å². The molecule has 116 valence electrons. The molecule has 5 heteroatoms. The van der Waals surface area contributed by atoms with E-state index in [9.17, 15) is 9.18 Å². The van der Waals surface area contributed by atoms with Gasteiger partial charge in [0.05, 0.1) is 11.4 Å². The molecular weight excluding hydrogens is 295 g/mol. The molecular formula is C16H20ClFO3. The first-order valence-electron chi connectivity index (χ1n) is 7.30. The number of hydrogen-bond donors (Lipinski definition) is 1. The van der Waals surface area contributed by atoms with E-state index in [1.807, 2.05) is 0 Å². The van der Waals surface area contributed by atoms with Crippen LogP contribution in [0.15, 0.2) is 18.2 Å². The summed E-state index contributed by atoms with van der Waals surface area (Å²) < 4.78 is 18.9. The van der Waals surface area contributed by atoms with E-state index in [2.05, 4.69) is 0 Å². The van der Waals surface area contributed by atoms with Gasteiger partial charge in [-0.2, -0.15) is 0 Å². The maximum Gasteiger partial charge on any atom is 0.303 e. The molecule has 0 bridgehead atoms. The summed E-state index contributed by atoms with van der Waals surface area (Å²) in [5.74, 6) is -0.942. The molecule has 1 aromatic carbocycles. The van der Waals surface area contributed by atoms with Crippen LogP contribution in [0.5, 0.6) is 0 Å². The number of aliphatic carboxylic acids is 1. The van der Waals surface area contributed by atoms with Crippen molar-refractivity contribution in [2.24, 2.45) is 5.92 Å². The second kappa shape index (κ2) is 7.76. The van der Waals surface area contributed by atoms with Gasteiger partial charge in [-0.05, 0) is 55.2 Å². The lowest BCUT2D eigenvalue weighted by Crippen LogP contribution is -2.17. The van der Waals surface area contributed by atoms with Gasteiger partial charge in [-0.15, -0.1) is 0 Å². The highest BCUT2D eigenvalue weighted by molar-refractivity contribution is 6.30. The zero-order valence-electron chi connectivity index (χ0n) is 11.9. The van der Waals surface area contributed by atoms with Crippen molar-refractivity contribution in [3.05, 3.63) is 34.6 Å². The highest BCUT2D eigenvalue weighted by atomic mass is 35.5. The zero-order valence-corrected chi connectivity index (χ0v) is 12.6. The summed E-state index contributed by atoms with van der Waals surface area (Å²) in [4.78, 5) is 11.0. The quantitative estimate of drug-likeness (QED) is 0.854. The van der Waals surface area contributed by atoms with Gasteiger partial charge in [0, 0.05) is 13.2 Å². The van der Waals surface area contributed by atoms with Crippen molar-refractivity contribution in [3.63, 3.8) is 0 Å². The summed E-state index contributed by atoms with van der Waals surface area (Å²) in [6, 6.07) is 4.58. The summed E-state index contributed by atoms with van der Waals surface area (Å²) >= 11 is 5.68. The van der Waals surface area contributed by atoms with Gasteiger partial charge >= 0.3 is 5.97 Å². The Morgan fingerprint density at radius 1 is 1.43 bits per heavy atom. The number of benzene rings is 1. The summed E-state index contributed by atoms with van der Waals surface area (Å²) in [6.45, 7) is 1.56. The second-order valence-electron chi connectivity index (χ2n) is 5.60. The van der Waals surface area contributed by atoms with Gasteiger partial charge in [-0.3, -0.25) is 4.79 Å². The van der Waals surface area contributed by atoms with Crippen LogP contribution < -0.4 is 0 Å². The monoisotopic (exact) mass is 314 g/mol. The maximum atomic E-state index is 13.6. The number of hydrogen-bond acceptors (Lipinski definition) is 2. The van der Waals surface area contributed by atoms with Gasteiger partial charge in [-0.25, -0.2) is 4.39 Å². The predicted octanol–water partition coefficient (Wildman–Crippen LogP) is 4.24. The van der Waals surface area contributed by atoms with E-state index in [0.717, 1.165) is 38.9 Å². The first kappa shape index (κ1) is 16.2. The number of rotatable bonds is 6. The fourth-order valence-corrected chi connectivity index (χ4v) is 2.95. The van der Waals surface area contributed by atoms with Crippen molar-refractivity contribution in [2.45, 2.75) is 38.0 Å². The first-order valence-corrected chi connectivity index (χ1v) is 7.68. The molecule has 2 rings (SSSR count).